The quantitative estimate of drug-likeness (QED) is 0.801. The van der Waals surface area contributed by atoms with E-state index in [2.05, 4.69) is 0 Å². The molecule has 0 aromatic carbocycles. The van der Waals surface area contributed by atoms with Crippen LogP contribution in [0.1, 0.15) is 40.5 Å². The topological polar surface area (TPSA) is 83.9 Å². The van der Waals surface area contributed by atoms with Crippen molar-refractivity contribution in [3.63, 3.8) is 0 Å². The Bertz CT molecular complexity index is 418. The highest BCUT2D eigenvalue weighted by atomic mass is 32.2. The lowest BCUT2D eigenvalue weighted by atomic mass is 10.1. The first-order valence-corrected chi connectivity index (χ1v) is 7.99. The van der Waals surface area contributed by atoms with Crippen molar-refractivity contribution in [2.45, 2.75) is 52.2 Å². The molecule has 2 atom stereocenters. The van der Waals surface area contributed by atoms with E-state index in [4.69, 9.17) is 9.84 Å². The molecule has 0 spiro atoms. The van der Waals surface area contributed by atoms with Crippen molar-refractivity contribution >= 4 is 28.9 Å². The van der Waals surface area contributed by atoms with E-state index in [1.807, 2.05) is 0 Å². The third-order valence-corrected chi connectivity index (χ3v) is 4.28. The Balaban J connectivity index is 2.45. The zero-order valence-corrected chi connectivity index (χ0v) is 13.7. The average molecular weight is 317 g/mol. The van der Waals surface area contributed by atoms with Crippen LogP contribution in [0.2, 0.25) is 0 Å². The monoisotopic (exact) mass is 317 g/mol. The summed E-state index contributed by atoms with van der Waals surface area (Å²) >= 11 is 1.01. The lowest BCUT2D eigenvalue weighted by Gasteiger charge is -2.23. The smallest absolute Gasteiger partial charge is 0.407 e. The van der Waals surface area contributed by atoms with Crippen molar-refractivity contribution in [3.8, 4) is 0 Å². The zero-order valence-electron chi connectivity index (χ0n) is 12.9. The Hall–Kier alpha value is -1.24. The van der Waals surface area contributed by atoms with Crippen molar-refractivity contribution in [1.29, 1.82) is 0 Å². The first kappa shape index (κ1) is 17.8. The number of likely N-dealkylation sites (tertiary alicyclic amines) is 1. The molecule has 0 saturated carbocycles. The number of carbonyl (C=O) groups is 3. The van der Waals surface area contributed by atoms with Crippen LogP contribution >= 0.6 is 11.8 Å². The predicted octanol–water partition coefficient (Wildman–Crippen LogP) is 2.37. The summed E-state index contributed by atoms with van der Waals surface area (Å²) in [5.41, 5.74) is -0.550. The fraction of sp³-hybridized carbons (Fsp3) is 0.786. The number of carboxylic acid groups (broad SMARTS) is 1. The van der Waals surface area contributed by atoms with Crippen molar-refractivity contribution < 1.29 is 24.2 Å². The van der Waals surface area contributed by atoms with Crippen LogP contribution in [0.15, 0.2) is 0 Å². The molecule has 0 aromatic rings. The molecule has 120 valence electrons. The largest absolute Gasteiger partial charge is 0.465 e. The standard InChI is InChI=1S/C14H23NO5S/c1-9(11(16)20-14(2,3)4)8-21-12(17)10-6-5-7-15(10)13(18)19/h9-10H,5-8H2,1-4H3,(H,18,19)/t9?,10-/m0/s1. The molecule has 0 radical (unpaired) electrons. The molecular weight excluding hydrogens is 294 g/mol. The van der Waals surface area contributed by atoms with Gasteiger partial charge in [-0.1, -0.05) is 18.7 Å². The SMILES string of the molecule is CC(CSC(=O)[C@@H]1CCCN1C(=O)O)C(=O)OC(C)(C)C. The van der Waals surface area contributed by atoms with Crippen molar-refractivity contribution in [2.75, 3.05) is 12.3 Å². The Labute approximate surface area is 129 Å². The minimum absolute atomic E-state index is 0.190. The molecule has 7 heteroatoms. The van der Waals surface area contributed by atoms with E-state index in [1.165, 1.54) is 4.90 Å². The normalized spacial score (nSPS) is 20.2. The van der Waals surface area contributed by atoms with Gasteiger partial charge in [0.15, 0.2) is 0 Å². The molecule has 1 N–H and O–H groups in total. The van der Waals surface area contributed by atoms with E-state index in [9.17, 15) is 14.4 Å². The molecule has 1 unspecified atom stereocenters. The van der Waals surface area contributed by atoms with Crippen LogP contribution in [0.3, 0.4) is 0 Å². The molecule has 0 aromatic heterocycles. The van der Waals surface area contributed by atoms with Gasteiger partial charge in [0.25, 0.3) is 0 Å². The van der Waals surface area contributed by atoms with Crippen LogP contribution in [-0.4, -0.2) is 51.1 Å². The maximum Gasteiger partial charge on any atom is 0.407 e. The molecule has 1 saturated heterocycles. The van der Waals surface area contributed by atoms with Gasteiger partial charge in [0.2, 0.25) is 5.12 Å². The number of hydrogen-bond donors (Lipinski definition) is 1. The molecule has 0 aliphatic carbocycles. The van der Waals surface area contributed by atoms with E-state index in [0.717, 1.165) is 11.8 Å². The molecule has 1 amide bonds. The Morgan fingerprint density at radius 3 is 2.52 bits per heavy atom. The predicted molar refractivity (Wildman–Crippen MR) is 80.2 cm³/mol. The van der Waals surface area contributed by atoms with Crippen LogP contribution in [-0.2, 0) is 14.3 Å². The Morgan fingerprint density at radius 1 is 1.38 bits per heavy atom. The van der Waals surface area contributed by atoms with Crippen LogP contribution in [0.5, 0.6) is 0 Å². The lowest BCUT2D eigenvalue weighted by Crippen LogP contribution is -2.38. The third kappa shape index (κ3) is 5.57. The molecule has 1 aliphatic heterocycles. The minimum atomic E-state index is -1.06. The molecule has 0 bridgehead atoms. The van der Waals surface area contributed by atoms with Crippen LogP contribution < -0.4 is 0 Å². The molecule has 1 heterocycles. The summed E-state index contributed by atoms with van der Waals surface area (Å²) in [5.74, 6) is -0.445. The van der Waals surface area contributed by atoms with Crippen molar-refractivity contribution in [2.24, 2.45) is 5.92 Å². The maximum absolute atomic E-state index is 12.1. The first-order chi connectivity index (χ1) is 9.61. The van der Waals surface area contributed by atoms with E-state index in [-0.39, 0.29) is 11.1 Å². The van der Waals surface area contributed by atoms with Gasteiger partial charge >= 0.3 is 12.1 Å². The highest BCUT2D eigenvalue weighted by Gasteiger charge is 2.34. The van der Waals surface area contributed by atoms with Gasteiger partial charge in [-0.3, -0.25) is 14.5 Å². The highest BCUT2D eigenvalue weighted by Crippen LogP contribution is 2.24. The first-order valence-electron chi connectivity index (χ1n) is 7.01. The molecule has 1 aliphatic rings. The second-order valence-electron chi connectivity index (χ2n) is 6.20. The second kappa shape index (κ2) is 7.15. The molecular formula is C14H23NO5S. The van der Waals surface area contributed by atoms with Gasteiger partial charge in [0.1, 0.15) is 11.6 Å². The third-order valence-electron chi connectivity index (χ3n) is 3.06. The highest BCUT2D eigenvalue weighted by molar-refractivity contribution is 8.13. The van der Waals surface area contributed by atoms with Gasteiger partial charge in [0.05, 0.1) is 5.92 Å². The summed E-state index contributed by atoms with van der Waals surface area (Å²) in [5, 5.41) is 8.83. The summed E-state index contributed by atoms with van der Waals surface area (Å²) in [4.78, 5) is 36.1. The van der Waals surface area contributed by atoms with Gasteiger partial charge in [0, 0.05) is 12.3 Å². The Morgan fingerprint density at radius 2 is 2.00 bits per heavy atom. The fourth-order valence-electron chi connectivity index (χ4n) is 2.01. The number of amides is 1. The number of esters is 1. The van der Waals surface area contributed by atoms with Gasteiger partial charge in [-0.15, -0.1) is 0 Å². The number of nitrogens with zero attached hydrogens (tertiary/aromatic N) is 1. The molecule has 21 heavy (non-hydrogen) atoms. The summed E-state index contributed by atoms with van der Waals surface area (Å²) in [6.07, 6.45) is 0.191. The van der Waals surface area contributed by atoms with Gasteiger partial charge in [-0.2, -0.15) is 0 Å². The number of ether oxygens (including phenoxy) is 1. The summed E-state index contributed by atoms with van der Waals surface area (Å²) in [6.45, 7) is 7.48. The van der Waals surface area contributed by atoms with E-state index >= 15 is 0 Å². The molecule has 1 rings (SSSR count). The Kier molecular flexibility index (Phi) is 6.07. The molecule has 1 fully saturated rings. The van der Waals surface area contributed by atoms with E-state index < -0.39 is 23.7 Å². The minimum Gasteiger partial charge on any atom is -0.465 e. The van der Waals surface area contributed by atoms with Gasteiger partial charge < -0.3 is 9.84 Å². The van der Waals surface area contributed by atoms with Gasteiger partial charge in [-0.05, 0) is 33.6 Å². The van der Waals surface area contributed by atoms with Gasteiger partial charge in [-0.25, -0.2) is 4.79 Å². The second-order valence-corrected chi connectivity index (χ2v) is 7.22. The summed E-state index contributed by atoms with van der Waals surface area (Å²) < 4.78 is 5.25. The van der Waals surface area contributed by atoms with Crippen LogP contribution in [0.4, 0.5) is 4.79 Å². The van der Waals surface area contributed by atoms with E-state index in [1.54, 1.807) is 27.7 Å². The van der Waals surface area contributed by atoms with Crippen LogP contribution in [0.25, 0.3) is 0 Å². The number of thioether (sulfide) groups is 1. The van der Waals surface area contributed by atoms with Crippen LogP contribution in [0, 0.1) is 5.92 Å². The average Bonchev–Trinajstić information content (AvgIpc) is 2.82. The number of rotatable bonds is 4. The summed E-state index contributed by atoms with van der Waals surface area (Å²) in [7, 11) is 0. The fourth-order valence-corrected chi connectivity index (χ4v) is 3.00. The number of hydrogen-bond acceptors (Lipinski definition) is 5. The maximum atomic E-state index is 12.1. The number of carbonyl (C=O) groups excluding carboxylic acids is 2. The van der Waals surface area contributed by atoms with E-state index in [0.29, 0.717) is 25.1 Å². The zero-order chi connectivity index (χ0) is 16.2. The lowest BCUT2D eigenvalue weighted by molar-refractivity contribution is -0.158. The summed E-state index contributed by atoms with van der Waals surface area (Å²) in [6, 6.07) is -0.585. The van der Waals surface area contributed by atoms with Crippen molar-refractivity contribution in [3.05, 3.63) is 0 Å². The van der Waals surface area contributed by atoms with Crippen molar-refractivity contribution in [1.82, 2.24) is 4.90 Å². The molecule has 6 nitrogen and oxygen atoms in total.